The normalized spacial score (nSPS) is 12.8. The Morgan fingerprint density at radius 1 is 0.596 bits per heavy atom. The fraction of sp³-hybridized carbons (Fsp3) is 0.273. The molecule has 13 heteroatoms. The fourth-order valence-electron chi connectivity index (χ4n) is 5.70. The fourth-order valence-corrected chi connectivity index (χ4v) is 5.87. The zero-order valence-corrected chi connectivity index (χ0v) is 33.4. The molecule has 2 aromatic heterocycles. The molecule has 0 aliphatic carbocycles. The van der Waals surface area contributed by atoms with Crippen molar-refractivity contribution in [1.29, 1.82) is 0 Å². The van der Waals surface area contributed by atoms with Gasteiger partial charge in [0, 0.05) is 24.2 Å². The summed E-state index contributed by atoms with van der Waals surface area (Å²) in [6.07, 6.45) is 0. The van der Waals surface area contributed by atoms with Gasteiger partial charge in [-0.05, 0) is 49.9 Å². The van der Waals surface area contributed by atoms with Crippen molar-refractivity contribution in [1.82, 2.24) is 19.1 Å². The lowest BCUT2D eigenvalue weighted by Crippen LogP contribution is -2.38. The van der Waals surface area contributed by atoms with Gasteiger partial charge in [0.25, 0.3) is 11.1 Å². The van der Waals surface area contributed by atoms with E-state index in [2.05, 4.69) is 15.3 Å². The largest absolute Gasteiger partial charge is 0.375 e. The highest BCUT2D eigenvalue weighted by molar-refractivity contribution is 6.29. The van der Waals surface area contributed by atoms with Crippen molar-refractivity contribution >= 4 is 17.4 Å². The highest BCUT2D eigenvalue weighted by atomic mass is 35.5. The molecule has 0 amide bonds. The molecule has 0 saturated carbocycles. The number of H-pyrrole nitrogens is 2. The molecule has 57 heavy (non-hydrogen) atoms. The summed E-state index contributed by atoms with van der Waals surface area (Å²) in [5, 5.41) is 3.21. The van der Waals surface area contributed by atoms with Crippen LogP contribution in [-0.2, 0) is 22.7 Å². The maximum Gasteiger partial charge on any atom is 0.330 e. The molecule has 2 heterocycles. The maximum atomic E-state index is 12.5. The first-order chi connectivity index (χ1) is 27.4. The Bertz CT molecular complexity index is 2250. The molecule has 6 rings (SSSR count). The molecule has 0 unspecified atom stereocenters. The van der Waals surface area contributed by atoms with Gasteiger partial charge in [-0.1, -0.05) is 133 Å². The number of nitrogens with zero attached hydrogens (tertiary/aromatic N) is 2. The van der Waals surface area contributed by atoms with Crippen LogP contribution in [0.2, 0.25) is 5.15 Å². The lowest BCUT2D eigenvalue weighted by molar-refractivity contribution is 0.0926. The van der Waals surface area contributed by atoms with Gasteiger partial charge in [-0.2, -0.15) is 0 Å². The van der Waals surface area contributed by atoms with Gasteiger partial charge in [-0.15, -0.1) is 0 Å². The SMILES string of the molecule is C[C@H](COCc1ccccc1)n1c(=O)cc(Cl)[nH]c1=O.C[C@H](N)c1ccccc1.C[C@H](Nc1cc(=O)n([C@H](C)COCc2ccccc2)c(=O)[nH]1)c1ccccc1. The number of halogens is 1. The van der Waals surface area contributed by atoms with E-state index in [1.807, 2.05) is 135 Å². The van der Waals surface area contributed by atoms with E-state index >= 15 is 0 Å². The van der Waals surface area contributed by atoms with Crippen molar-refractivity contribution in [3.8, 4) is 0 Å². The monoisotopic (exact) mass is 794 g/mol. The second kappa shape index (κ2) is 22.7. The summed E-state index contributed by atoms with van der Waals surface area (Å²) in [6.45, 7) is 8.90. The van der Waals surface area contributed by atoms with Crippen LogP contribution in [0, 0.1) is 0 Å². The Morgan fingerprint density at radius 2 is 1.00 bits per heavy atom. The lowest BCUT2D eigenvalue weighted by Gasteiger charge is -2.18. The van der Waals surface area contributed by atoms with Crippen molar-refractivity contribution in [2.75, 3.05) is 18.5 Å². The van der Waals surface area contributed by atoms with Crippen molar-refractivity contribution in [3.63, 3.8) is 0 Å². The second-order valence-electron chi connectivity index (χ2n) is 13.5. The first-order valence-corrected chi connectivity index (χ1v) is 19.0. The topological polar surface area (TPSA) is 166 Å². The number of rotatable bonds is 14. The zero-order valence-electron chi connectivity index (χ0n) is 32.6. The van der Waals surface area contributed by atoms with Crippen molar-refractivity contribution in [2.24, 2.45) is 5.73 Å². The molecule has 0 bridgehead atoms. The highest BCUT2D eigenvalue weighted by Crippen LogP contribution is 2.16. The molecule has 12 nitrogen and oxygen atoms in total. The molecule has 0 radical (unpaired) electrons. The minimum Gasteiger partial charge on any atom is -0.375 e. The molecule has 6 aromatic rings. The van der Waals surface area contributed by atoms with E-state index in [0.717, 1.165) is 21.3 Å². The number of ether oxygens (including phenoxy) is 2. The number of anilines is 1. The molecule has 300 valence electrons. The summed E-state index contributed by atoms with van der Waals surface area (Å²) in [7, 11) is 0. The molecular formula is C44H51ClN6O6. The zero-order chi connectivity index (χ0) is 41.2. The van der Waals surface area contributed by atoms with E-state index in [0.29, 0.717) is 19.0 Å². The third-order valence-corrected chi connectivity index (χ3v) is 8.92. The number of aromatic amines is 2. The van der Waals surface area contributed by atoms with E-state index in [-0.39, 0.29) is 48.1 Å². The van der Waals surface area contributed by atoms with Gasteiger partial charge in [0.05, 0.1) is 38.5 Å². The van der Waals surface area contributed by atoms with E-state index in [4.69, 9.17) is 26.8 Å². The van der Waals surface area contributed by atoms with E-state index < -0.39 is 16.9 Å². The molecule has 0 saturated heterocycles. The van der Waals surface area contributed by atoms with Crippen LogP contribution < -0.4 is 33.5 Å². The Kier molecular flexibility index (Phi) is 17.5. The summed E-state index contributed by atoms with van der Waals surface area (Å²) < 4.78 is 13.5. The number of aromatic nitrogens is 4. The molecule has 0 fully saturated rings. The molecule has 5 N–H and O–H groups in total. The third-order valence-electron chi connectivity index (χ3n) is 8.72. The first-order valence-electron chi connectivity index (χ1n) is 18.7. The number of hydrogen-bond donors (Lipinski definition) is 4. The quantitative estimate of drug-likeness (QED) is 0.0844. The summed E-state index contributed by atoms with van der Waals surface area (Å²) >= 11 is 5.61. The highest BCUT2D eigenvalue weighted by Gasteiger charge is 2.14. The van der Waals surface area contributed by atoms with Crippen LogP contribution in [0.4, 0.5) is 5.82 Å². The molecular weight excluding hydrogens is 744 g/mol. The van der Waals surface area contributed by atoms with Gasteiger partial charge in [-0.3, -0.25) is 28.7 Å². The minimum atomic E-state index is -0.529. The van der Waals surface area contributed by atoms with Crippen LogP contribution in [0.1, 0.15) is 74.1 Å². The van der Waals surface area contributed by atoms with E-state index in [1.165, 1.54) is 22.3 Å². The Balaban J connectivity index is 0.000000215. The van der Waals surface area contributed by atoms with Crippen molar-refractivity contribution in [2.45, 2.75) is 65.1 Å². The molecule has 0 spiro atoms. The second-order valence-corrected chi connectivity index (χ2v) is 13.9. The lowest BCUT2D eigenvalue weighted by atomic mass is 10.1. The molecule has 0 aliphatic heterocycles. The molecule has 4 aromatic carbocycles. The summed E-state index contributed by atoms with van der Waals surface area (Å²) in [5.74, 6) is 0.403. The van der Waals surface area contributed by atoms with Crippen molar-refractivity contribution in [3.05, 3.63) is 203 Å². The first kappa shape index (κ1) is 43.9. The number of hydrogen-bond acceptors (Lipinski definition) is 8. The smallest absolute Gasteiger partial charge is 0.330 e. The van der Waals surface area contributed by atoms with Crippen LogP contribution in [0.3, 0.4) is 0 Å². The molecule has 4 atom stereocenters. The maximum absolute atomic E-state index is 12.5. The Hall–Kier alpha value is -5.79. The third kappa shape index (κ3) is 14.3. The van der Waals surface area contributed by atoms with Gasteiger partial charge in [0.2, 0.25) is 0 Å². The summed E-state index contributed by atoms with van der Waals surface area (Å²) in [5.41, 5.74) is 8.18. The Labute approximate surface area is 336 Å². The minimum absolute atomic E-state index is 0.0358. The van der Waals surface area contributed by atoms with Gasteiger partial charge in [0.1, 0.15) is 11.0 Å². The summed E-state index contributed by atoms with van der Waals surface area (Å²) in [4.78, 5) is 53.5. The summed E-state index contributed by atoms with van der Waals surface area (Å²) in [6, 6.07) is 41.3. The number of nitrogens with one attached hydrogen (secondary N) is 3. The predicted molar refractivity (Wildman–Crippen MR) is 227 cm³/mol. The average molecular weight is 795 g/mol. The van der Waals surface area contributed by atoms with Crippen LogP contribution in [-0.4, -0.2) is 32.3 Å². The van der Waals surface area contributed by atoms with Crippen LogP contribution in [0.25, 0.3) is 0 Å². The van der Waals surface area contributed by atoms with Gasteiger partial charge in [-0.25, -0.2) is 9.59 Å². The number of nitrogens with two attached hydrogens (primary N) is 1. The Morgan fingerprint density at radius 3 is 1.40 bits per heavy atom. The van der Waals surface area contributed by atoms with Crippen LogP contribution >= 0.6 is 11.6 Å². The average Bonchev–Trinajstić information content (AvgIpc) is 3.19. The van der Waals surface area contributed by atoms with Gasteiger partial charge < -0.3 is 20.5 Å². The van der Waals surface area contributed by atoms with E-state index in [1.54, 1.807) is 13.8 Å². The predicted octanol–water partition coefficient (Wildman–Crippen LogP) is 7.16. The van der Waals surface area contributed by atoms with E-state index in [9.17, 15) is 19.2 Å². The van der Waals surface area contributed by atoms with Gasteiger partial charge >= 0.3 is 11.4 Å². The van der Waals surface area contributed by atoms with Crippen molar-refractivity contribution < 1.29 is 9.47 Å². The number of benzene rings is 4. The molecule has 0 aliphatic rings. The van der Waals surface area contributed by atoms with Crippen LogP contribution in [0.15, 0.2) is 153 Å². The van der Waals surface area contributed by atoms with Crippen LogP contribution in [0.5, 0.6) is 0 Å². The standard InChI is InChI=1S/C22H25N3O3.C14H15ClN2O3.C8H11N/c1-16(14-28-15-18-9-5-3-6-10-18)25-21(26)13-20(24-22(25)27)23-17(2)19-11-7-4-8-12-19;1-10(8-20-9-11-5-3-2-4-6-11)17-13(18)7-12(15)16-14(17)19;1-7(9)8-5-3-2-4-6-8/h3-13,16-17,23H,14-15H2,1-2H3,(H,24,27);2-7,10H,8-9H2,1H3,(H,16,19);2-7H,9H2,1H3/t16-,17+;10-;7-/m110/s1. The van der Waals surface area contributed by atoms with Gasteiger partial charge in [0.15, 0.2) is 0 Å².